The van der Waals surface area contributed by atoms with E-state index in [9.17, 15) is 0 Å². The van der Waals surface area contributed by atoms with Gasteiger partial charge in [-0.25, -0.2) is 4.98 Å². The minimum Gasteiger partial charge on any atom is -0.493 e. The quantitative estimate of drug-likeness (QED) is 0.234. The first-order valence-electron chi connectivity index (χ1n) is 10.4. The van der Waals surface area contributed by atoms with Crippen molar-refractivity contribution in [2.24, 2.45) is 4.99 Å². The topological polar surface area (TPSA) is 81.9 Å². The van der Waals surface area contributed by atoms with Crippen LogP contribution in [0.1, 0.15) is 22.5 Å². The van der Waals surface area contributed by atoms with Crippen molar-refractivity contribution in [3.05, 3.63) is 71.3 Å². The molecule has 33 heavy (non-hydrogen) atoms. The average Bonchev–Trinajstić information content (AvgIpc) is 3.22. The molecule has 0 fully saturated rings. The maximum absolute atomic E-state index is 5.43. The fourth-order valence-corrected chi connectivity index (χ4v) is 3.44. The third-order valence-electron chi connectivity index (χ3n) is 5.14. The third-order valence-corrected chi connectivity index (χ3v) is 5.14. The molecular weight excluding hydrogens is 533 g/mol. The lowest BCUT2D eigenvalue weighted by atomic mass is 10.1. The van der Waals surface area contributed by atoms with Gasteiger partial charge >= 0.3 is 0 Å². The highest BCUT2D eigenvalue weighted by Crippen LogP contribution is 2.38. The maximum atomic E-state index is 5.43. The highest BCUT2D eigenvalue weighted by Gasteiger charge is 2.13. The van der Waals surface area contributed by atoms with Gasteiger partial charge in [0.25, 0.3) is 0 Å². The first-order valence-corrected chi connectivity index (χ1v) is 10.4. The van der Waals surface area contributed by atoms with Gasteiger partial charge in [-0.05, 0) is 35.7 Å². The molecule has 0 bridgehead atoms. The Morgan fingerprint density at radius 1 is 0.939 bits per heavy atom. The average molecular weight is 565 g/mol. The van der Waals surface area contributed by atoms with E-state index >= 15 is 0 Å². The Morgan fingerprint density at radius 2 is 1.58 bits per heavy atom. The van der Waals surface area contributed by atoms with Crippen LogP contribution in [-0.2, 0) is 19.6 Å². The van der Waals surface area contributed by atoms with Crippen LogP contribution in [0.3, 0.4) is 0 Å². The van der Waals surface area contributed by atoms with E-state index in [4.69, 9.17) is 14.2 Å². The summed E-state index contributed by atoms with van der Waals surface area (Å²) in [6, 6.07) is 12.3. The van der Waals surface area contributed by atoms with Gasteiger partial charge in [-0.3, -0.25) is 4.99 Å². The lowest BCUT2D eigenvalue weighted by molar-refractivity contribution is 0.323. The molecular formula is C24H32IN5O3. The van der Waals surface area contributed by atoms with Gasteiger partial charge in [0.05, 0.1) is 21.3 Å². The molecule has 0 unspecified atom stereocenters. The molecule has 0 saturated heterocycles. The Kier molecular flexibility index (Phi) is 10.3. The smallest absolute Gasteiger partial charge is 0.203 e. The van der Waals surface area contributed by atoms with E-state index in [1.165, 1.54) is 11.1 Å². The molecule has 0 aliphatic heterocycles. The van der Waals surface area contributed by atoms with Crippen molar-refractivity contribution >= 4 is 29.9 Å². The summed E-state index contributed by atoms with van der Waals surface area (Å²) in [4.78, 5) is 8.61. The van der Waals surface area contributed by atoms with E-state index in [2.05, 4.69) is 49.4 Å². The first kappa shape index (κ1) is 26.3. The van der Waals surface area contributed by atoms with Crippen LogP contribution in [0.2, 0.25) is 0 Å². The summed E-state index contributed by atoms with van der Waals surface area (Å²) in [5.41, 5.74) is 3.39. The number of hydrogen-bond donors (Lipinski definition) is 2. The number of halogens is 1. The van der Waals surface area contributed by atoms with E-state index in [1.807, 2.05) is 31.5 Å². The van der Waals surface area contributed by atoms with Gasteiger partial charge in [0.2, 0.25) is 5.75 Å². The van der Waals surface area contributed by atoms with Crippen LogP contribution >= 0.6 is 24.0 Å². The minimum absolute atomic E-state index is 0. The monoisotopic (exact) mass is 565 g/mol. The van der Waals surface area contributed by atoms with Gasteiger partial charge < -0.3 is 29.4 Å². The van der Waals surface area contributed by atoms with Crippen molar-refractivity contribution in [2.75, 3.05) is 28.4 Å². The molecule has 1 aromatic heterocycles. The van der Waals surface area contributed by atoms with Crippen LogP contribution in [0.25, 0.3) is 0 Å². The molecule has 2 N–H and O–H groups in total. The van der Waals surface area contributed by atoms with Crippen LogP contribution < -0.4 is 24.8 Å². The number of ether oxygens (including phenoxy) is 3. The van der Waals surface area contributed by atoms with Crippen LogP contribution in [0.15, 0.2) is 53.8 Å². The molecule has 0 spiro atoms. The third kappa shape index (κ3) is 7.01. The van der Waals surface area contributed by atoms with Crippen LogP contribution in [0.5, 0.6) is 17.2 Å². The molecule has 0 saturated carbocycles. The van der Waals surface area contributed by atoms with E-state index in [1.54, 1.807) is 28.4 Å². The van der Waals surface area contributed by atoms with Crippen molar-refractivity contribution in [1.82, 2.24) is 20.2 Å². The Bertz CT molecular complexity index is 1040. The summed E-state index contributed by atoms with van der Waals surface area (Å²) in [5, 5.41) is 6.69. The van der Waals surface area contributed by atoms with Crippen molar-refractivity contribution in [3.63, 3.8) is 0 Å². The SMILES string of the molecule is CN=C(NCc1cccc(Cn2ccnc2C)c1)NCc1cc(OC)c(OC)c(OC)c1.I. The highest BCUT2D eigenvalue weighted by molar-refractivity contribution is 14.0. The van der Waals surface area contributed by atoms with E-state index < -0.39 is 0 Å². The molecule has 0 atom stereocenters. The lowest BCUT2D eigenvalue weighted by Crippen LogP contribution is -2.36. The predicted octanol–water partition coefficient (Wildman–Crippen LogP) is 3.75. The van der Waals surface area contributed by atoms with Crippen LogP contribution in [-0.4, -0.2) is 43.9 Å². The molecule has 0 aliphatic carbocycles. The Morgan fingerprint density at radius 3 is 2.12 bits per heavy atom. The number of aliphatic imine (C=N–C) groups is 1. The molecule has 1 heterocycles. The number of nitrogens with one attached hydrogen (secondary N) is 2. The summed E-state index contributed by atoms with van der Waals surface area (Å²) in [5.74, 6) is 3.53. The Hall–Kier alpha value is -2.95. The summed E-state index contributed by atoms with van der Waals surface area (Å²) in [6.45, 7) is 4.02. The van der Waals surface area contributed by atoms with Gasteiger partial charge in [-0.2, -0.15) is 0 Å². The number of aryl methyl sites for hydroxylation is 1. The van der Waals surface area contributed by atoms with Crippen molar-refractivity contribution in [1.29, 1.82) is 0 Å². The number of aromatic nitrogens is 2. The molecule has 178 valence electrons. The number of rotatable bonds is 9. The number of methoxy groups -OCH3 is 3. The summed E-state index contributed by atoms with van der Waals surface area (Å²) < 4.78 is 18.4. The zero-order valence-corrected chi connectivity index (χ0v) is 22.0. The van der Waals surface area contributed by atoms with Gasteiger partial charge in [0, 0.05) is 39.1 Å². The largest absolute Gasteiger partial charge is 0.493 e. The summed E-state index contributed by atoms with van der Waals surface area (Å²) >= 11 is 0. The van der Waals surface area contributed by atoms with E-state index in [0.717, 1.165) is 17.9 Å². The van der Waals surface area contributed by atoms with Crippen LogP contribution in [0, 0.1) is 6.92 Å². The standard InChI is InChI=1S/C24H31N5O3.HI/c1-17-26-9-10-29(17)16-19-8-6-7-18(11-19)14-27-24(25-2)28-15-20-12-21(30-3)23(32-5)22(13-20)31-4;/h6-13H,14-16H2,1-5H3,(H2,25,27,28);1H. The molecule has 2 aromatic carbocycles. The molecule has 8 nitrogen and oxygen atoms in total. The molecule has 0 radical (unpaired) electrons. The van der Waals surface area contributed by atoms with Gasteiger partial charge in [0.1, 0.15) is 5.82 Å². The van der Waals surface area contributed by atoms with E-state index in [-0.39, 0.29) is 24.0 Å². The number of imidazole rings is 1. The van der Waals surface area contributed by atoms with Gasteiger partial charge in [-0.1, -0.05) is 24.3 Å². The normalized spacial score (nSPS) is 10.9. The molecule has 3 rings (SSSR count). The second-order valence-corrected chi connectivity index (χ2v) is 7.24. The Labute approximate surface area is 212 Å². The van der Waals surface area contributed by atoms with Crippen molar-refractivity contribution in [2.45, 2.75) is 26.6 Å². The number of guanidine groups is 1. The first-order chi connectivity index (χ1) is 15.6. The maximum Gasteiger partial charge on any atom is 0.203 e. The fraction of sp³-hybridized carbons (Fsp3) is 0.333. The zero-order chi connectivity index (χ0) is 22.9. The van der Waals surface area contributed by atoms with Gasteiger partial charge in [-0.15, -0.1) is 24.0 Å². The zero-order valence-electron chi connectivity index (χ0n) is 19.7. The van der Waals surface area contributed by atoms with Gasteiger partial charge in [0.15, 0.2) is 17.5 Å². The summed E-state index contributed by atoms with van der Waals surface area (Å²) in [6.07, 6.45) is 3.82. The predicted molar refractivity (Wildman–Crippen MR) is 141 cm³/mol. The van der Waals surface area contributed by atoms with Crippen LogP contribution in [0.4, 0.5) is 0 Å². The van der Waals surface area contributed by atoms with Crippen molar-refractivity contribution < 1.29 is 14.2 Å². The molecule has 0 aliphatic rings. The molecule has 3 aromatic rings. The molecule has 9 heteroatoms. The lowest BCUT2D eigenvalue weighted by Gasteiger charge is -2.16. The Balaban J connectivity index is 0.00000385. The second kappa shape index (κ2) is 12.9. The highest BCUT2D eigenvalue weighted by atomic mass is 127. The van der Waals surface area contributed by atoms with Crippen molar-refractivity contribution in [3.8, 4) is 17.2 Å². The number of benzene rings is 2. The van der Waals surface area contributed by atoms with E-state index in [0.29, 0.717) is 36.3 Å². The fourth-order valence-electron chi connectivity index (χ4n) is 3.44. The molecule has 0 amide bonds. The summed E-state index contributed by atoms with van der Waals surface area (Å²) in [7, 11) is 6.56. The minimum atomic E-state index is 0. The number of nitrogens with zero attached hydrogens (tertiary/aromatic N) is 3. The number of hydrogen-bond acceptors (Lipinski definition) is 5. The second-order valence-electron chi connectivity index (χ2n) is 7.24.